The molecule has 5 nitrogen and oxygen atoms in total. The summed E-state index contributed by atoms with van der Waals surface area (Å²) >= 11 is 0. The van der Waals surface area contributed by atoms with Crippen LogP contribution in [0, 0.1) is 6.92 Å². The van der Waals surface area contributed by atoms with Crippen molar-refractivity contribution in [3.05, 3.63) is 23.8 Å². The molecule has 110 valence electrons. The Bertz CT molecular complexity index is 476. The van der Waals surface area contributed by atoms with Gasteiger partial charge >= 0.3 is 0 Å². The largest absolute Gasteiger partial charge is 0.398 e. The fourth-order valence-corrected chi connectivity index (χ4v) is 2.64. The van der Waals surface area contributed by atoms with Gasteiger partial charge in [0, 0.05) is 17.4 Å². The molecule has 1 atom stereocenters. The first kappa shape index (κ1) is 14.8. The molecule has 1 unspecified atom stereocenters. The first-order chi connectivity index (χ1) is 9.61. The lowest BCUT2D eigenvalue weighted by molar-refractivity contribution is -0.118. The van der Waals surface area contributed by atoms with Gasteiger partial charge in [0.25, 0.3) is 0 Å². The molecule has 2 rings (SSSR count). The summed E-state index contributed by atoms with van der Waals surface area (Å²) < 4.78 is 0. The Morgan fingerprint density at radius 1 is 1.50 bits per heavy atom. The summed E-state index contributed by atoms with van der Waals surface area (Å²) in [5.41, 5.74) is 8.15. The lowest BCUT2D eigenvalue weighted by Gasteiger charge is -2.33. The number of piperidine rings is 1. The first-order valence-corrected chi connectivity index (χ1v) is 7.11. The highest BCUT2D eigenvalue weighted by atomic mass is 16.3. The minimum atomic E-state index is -0.0564. The Balaban J connectivity index is 1.96. The van der Waals surface area contributed by atoms with Gasteiger partial charge in [-0.15, -0.1) is 0 Å². The number of nitrogens with two attached hydrogens (primary N) is 1. The summed E-state index contributed by atoms with van der Waals surface area (Å²) in [5, 5.41) is 12.3. The minimum Gasteiger partial charge on any atom is -0.398 e. The van der Waals surface area contributed by atoms with Crippen LogP contribution in [0.3, 0.4) is 0 Å². The van der Waals surface area contributed by atoms with E-state index in [1.165, 1.54) is 0 Å². The normalized spacial score (nSPS) is 19.8. The zero-order valence-electron chi connectivity index (χ0n) is 11.9. The molecule has 5 heteroatoms. The molecule has 1 aromatic rings. The summed E-state index contributed by atoms with van der Waals surface area (Å²) in [4.78, 5) is 14.2. The zero-order chi connectivity index (χ0) is 14.5. The third-order valence-electron chi connectivity index (χ3n) is 3.96. The van der Waals surface area contributed by atoms with Crippen molar-refractivity contribution in [1.29, 1.82) is 0 Å². The molecule has 1 aromatic carbocycles. The molecule has 0 aliphatic carbocycles. The van der Waals surface area contributed by atoms with Crippen LogP contribution in [0.4, 0.5) is 11.4 Å². The molecule has 4 N–H and O–H groups in total. The number of aliphatic hydroxyl groups excluding tert-OH is 1. The van der Waals surface area contributed by atoms with Crippen LogP contribution < -0.4 is 11.1 Å². The minimum absolute atomic E-state index is 0.0564. The van der Waals surface area contributed by atoms with Crippen molar-refractivity contribution < 1.29 is 9.90 Å². The lowest BCUT2D eigenvalue weighted by Crippen LogP contribution is -2.45. The van der Waals surface area contributed by atoms with Gasteiger partial charge < -0.3 is 16.2 Å². The van der Waals surface area contributed by atoms with E-state index in [1.54, 1.807) is 0 Å². The van der Waals surface area contributed by atoms with Crippen molar-refractivity contribution in [1.82, 2.24) is 4.90 Å². The van der Waals surface area contributed by atoms with Gasteiger partial charge in [-0.2, -0.15) is 0 Å². The molecule has 0 aromatic heterocycles. The third-order valence-corrected chi connectivity index (χ3v) is 3.96. The summed E-state index contributed by atoms with van der Waals surface area (Å²) in [7, 11) is 0. The molecular weight excluding hydrogens is 254 g/mol. The number of hydrogen-bond acceptors (Lipinski definition) is 4. The monoisotopic (exact) mass is 277 g/mol. The predicted octanol–water partition coefficient (Wildman–Crippen LogP) is 1.36. The van der Waals surface area contributed by atoms with Crippen molar-refractivity contribution in [2.45, 2.75) is 32.2 Å². The van der Waals surface area contributed by atoms with E-state index in [-0.39, 0.29) is 18.6 Å². The second-order valence-corrected chi connectivity index (χ2v) is 5.37. The quantitative estimate of drug-likeness (QED) is 0.726. The molecular formula is C15H23N3O2. The zero-order valence-corrected chi connectivity index (χ0v) is 11.9. The van der Waals surface area contributed by atoms with E-state index >= 15 is 0 Å². The Hall–Kier alpha value is -1.59. The van der Waals surface area contributed by atoms with Crippen molar-refractivity contribution in [3.63, 3.8) is 0 Å². The summed E-state index contributed by atoms with van der Waals surface area (Å²) in [6.45, 7) is 3.20. The number of carbonyl (C=O) groups is 1. The molecule has 1 amide bonds. The number of hydrogen-bond donors (Lipinski definition) is 3. The number of nitrogens with zero attached hydrogens (tertiary/aromatic N) is 1. The van der Waals surface area contributed by atoms with E-state index in [9.17, 15) is 9.90 Å². The van der Waals surface area contributed by atoms with E-state index in [1.807, 2.05) is 25.1 Å². The standard InChI is InChI=1S/C15H23N3O2/c1-11-13(16)6-4-7-14(11)17-15(20)9-18-8-3-2-5-12(18)10-19/h4,6-7,12,19H,2-3,5,8-10,16H2,1H3,(H,17,20). The van der Waals surface area contributed by atoms with Crippen LogP contribution in [0.2, 0.25) is 0 Å². The first-order valence-electron chi connectivity index (χ1n) is 7.11. The van der Waals surface area contributed by atoms with Crippen LogP contribution in [0.5, 0.6) is 0 Å². The van der Waals surface area contributed by atoms with E-state index in [0.717, 1.165) is 37.1 Å². The Kier molecular flexibility index (Phi) is 4.98. The topological polar surface area (TPSA) is 78.6 Å². The van der Waals surface area contributed by atoms with Crippen LogP contribution in [0.1, 0.15) is 24.8 Å². The highest BCUT2D eigenvalue weighted by Gasteiger charge is 2.23. The van der Waals surface area contributed by atoms with Gasteiger partial charge in [-0.25, -0.2) is 0 Å². The number of benzene rings is 1. The van der Waals surface area contributed by atoms with Crippen LogP contribution in [-0.2, 0) is 4.79 Å². The van der Waals surface area contributed by atoms with Crippen LogP contribution >= 0.6 is 0 Å². The average Bonchev–Trinajstić information content (AvgIpc) is 2.44. The van der Waals surface area contributed by atoms with Crippen molar-refractivity contribution >= 4 is 17.3 Å². The van der Waals surface area contributed by atoms with Gasteiger partial charge in [0.2, 0.25) is 5.91 Å². The van der Waals surface area contributed by atoms with Gasteiger partial charge in [-0.1, -0.05) is 12.5 Å². The van der Waals surface area contributed by atoms with E-state index in [4.69, 9.17) is 5.73 Å². The van der Waals surface area contributed by atoms with Crippen molar-refractivity contribution in [2.75, 3.05) is 30.7 Å². The van der Waals surface area contributed by atoms with Crippen molar-refractivity contribution in [3.8, 4) is 0 Å². The van der Waals surface area contributed by atoms with E-state index < -0.39 is 0 Å². The number of nitrogens with one attached hydrogen (secondary N) is 1. The average molecular weight is 277 g/mol. The summed E-state index contributed by atoms with van der Waals surface area (Å²) in [6.07, 6.45) is 3.17. The highest BCUT2D eigenvalue weighted by molar-refractivity contribution is 5.93. The van der Waals surface area contributed by atoms with Gasteiger partial charge in [-0.3, -0.25) is 9.69 Å². The molecule has 0 radical (unpaired) electrons. The lowest BCUT2D eigenvalue weighted by atomic mass is 10.0. The number of likely N-dealkylation sites (tertiary alicyclic amines) is 1. The molecule has 1 heterocycles. The molecule has 1 aliphatic heterocycles. The van der Waals surface area contributed by atoms with Crippen LogP contribution in [0.15, 0.2) is 18.2 Å². The smallest absolute Gasteiger partial charge is 0.238 e. The molecule has 0 spiro atoms. The van der Waals surface area contributed by atoms with Crippen LogP contribution in [-0.4, -0.2) is 41.7 Å². The molecule has 1 aliphatic rings. The second-order valence-electron chi connectivity index (χ2n) is 5.37. The molecule has 0 saturated carbocycles. The van der Waals surface area contributed by atoms with Gasteiger partial charge in [0.05, 0.1) is 13.2 Å². The van der Waals surface area contributed by atoms with Gasteiger partial charge in [0.15, 0.2) is 0 Å². The number of carbonyl (C=O) groups excluding carboxylic acids is 1. The molecule has 1 saturated heterocycles. The van der Waals surface area contributed by atoms with Gasteiger partial charge in [-0.05, 0) is 44.0 Å². The Labute approximate surface area is 119 Å². The number of anilines is 2. The maximum absolute atomic E-state index is 12.1. The maximum atomic E-state index is 12.1. The fraction of sp³-hybridized carbons (Fsp3) is 0.533. The van der Waals surface area contributed by atoms with E-state index in [0.29, 0.717) is 12.2 Å². The predicted molar refractivity (Wildman–Crippen MR) is 80.5 cm³/mol. The maximum Gasteiger partial charge on any atom is 0.238 e. The van der Waals surface area contributed by atoms with Crippen LogP contribution in [0.25, 0.3) is 0 Å². The number of rotatable bonds is 4. The van der Waals surface area contributed by atoms with Gasteiger partial charge in [0.1, 0.15) is 0 Å². The number of aliphatic hydroxyl groups is 1. The number of nitrogen functional groups attached to an aromatic ring is 1. The Morgan fingerprint density at radius 3 is 3.05 bits per heavy atom. The molecule has 0 bridgehead atoms. The van der Waals surface area contributed by atoms with E-state index in [2.05, 4.69) is 10.2 Å². The van der Waals surface area contributed by atoms with Crippen molar-refractivity contribution in [2.24, 2.45) is 0 Å². The highest BCUT2D eigenvalue weighted by Crippen LogP contribution is 2.21. The SMILES string of the molecule is Cc1c(N)cccc1NC(=O)CN1CCCCC1CO. The molecule has 20 heavy (non-hydrogen) atoms. The number of amides is 1. The third kappa shape index (κ3) is 3.49. The summed E-state index contributed by atoms with van der Waals surface area (Å²) in [6, 6.07) is 5.60. The second kappa shape index (κ2) is 6.72. The Morgan fingerprint density at radius 2 is 2.30 bits per heavy atom. The molecule has 1 fully saturated rings. The fourth-order valence-electron chi connectivity index (χ4n) is 2.64. The summed E-state index contributed by atoms with van der Waals surface area (Å²) in [5.74, 6) is -0.0564.